The minimum Gasteiger partial charge on any atom is -0.497 e. The van der Waals surface area contributed by atoms with E-state index in [1.807, 2.05) is 30.3 Å². The van der Waals surface area contributed by atoms with E-state index in [-0.39, 0.29) is 0 Å². The summed E-state index contributed by atoms with van der Waals surface area (Å²) in [6.45, 7) is 4.20. The Morgan fingerprint density at radius 2 is 1.23 bits per heavy atom. The minimum atomic E-state index is 0.791. The number of hydrogen-bond donors (Lipinski definition) is 0. The molecule has 0 radical (unpaired) electrons. The van der Waals surface area contributed by atoms with Gasteiger partial charge in [-0.25, -0.2) is 0 Å². The fourth-order valence-electron chi connectivity index (χ4n) is 3.04. The second-order valence-electron chi connectivity index (χ2n) is 7.02. The maximum absolute atomic E-state index is 5.18. The van der Waals surface area contributed by atoms with Crippen LogP contribution in [0.25, 0.3) is 0 Å². The highest BCUT2D eigenvalue weighted by Crippen LogP contribution is 2.41. The Morgan fingerprint density at radius 1 is 0.667 bits per heavy atom. The van der Waals surface area contributed by atoms with Crippen LogP contribution in [0.3, 0.4) is 0 Å². The number of hydrogen-bond acceptors (Lipinski definition) is 5. The van der Waals surface area contributed by atoms with Crippen molar-refractivity contribution in [3.8, 4) is 5.75 Å². The van der Waals surface area contributed by atoms with E-state index in [4.69, 9.17) is 4.74 Å². The molecule has 0 fully saturated rings. The normalized spacial score (nSPS) is 11.0. The third kappa shape index (κ3) is 4.58. The van der Waals surface area contributed by atoms with Crippen LogP contribution in [0.2, 0.25) is 0 Å². The zero-order valence-corrected chi connectivity index (χ0v) is 18.1. The topological polar surface area (TPSA) is 37.2 Å². The second kappa shape index (κ2) is 8.93. The summed E-state index contributed by atoms with van der Waals surface area (Å²) in [4.78, 5) is 2.25. The van der Waals surface area contributed by atoms with E-state index < -0.39 is 0 Å². The quantitative estimate of drug-likeness (QED) is 0.298. The summed E-state index contributed by atoms with van der Waals surface area (Å²) in [6.07, 6.45) is 0. The van der Waals surface area contributed by atoms with Gasteiger partial charge in [0, 0.05) is 11.4 Å². The van der Waals surface area contributed by atoms with Gasteiger partial charge < -0.3 is 9.64 Å². The number of anilines is 3. The van der Waals surface area contributed by atoms with Gasteiger partial charge in [0.1, 0.15) is 15.8 Å². The summed E-state index contributed by atoms with van der Waals surface area (Å²) < 4.78 is 5.18. The summed E-state index contributed by atoms with van der Waals surface area (Å²) >= 11 is 1.61. The van der Waals surface area contributed by atoms with Crippen LogP contribution in [0.15, 0.2) is 95.2 Å². The number of benzene rings is 3. The molecule has 0 saturated carbocycles. The molecule has 4 aromatic rings. The van der Waals surface area contributed by atoms with Crippen LogP contribution >= 0.6 is 11.3 Å². The average Bonchev–Trinajstić information content (AvgIpc) is 3.24. The molecule has 0 aliphatic heterocycles. The number of nitrogens with zero attached hydrogens (tertiary/aromatic N) is 3. The SMILES string of the molecule is COc1ccc(N=Nc2ccc(N(c3ccc(C)cc3)c3ccc(C)cc3)s2)cc1. The first-order chi connectivity index (χ1) is 14.6. The Bertz CT molecular complexity index is 1080. The smallest absolute Gasteiger partial charge is 0.140 e. The molecule has 0 N–H and O–H groups in total. The van der Waals surface area contributed by atoms with E-state index in [1.165, 1.54) is 11.1 Å². The average molecular weight is 414 g/mol. The van der Waals surface area contributed by atoms with Crippen LogP contribution in [-0.4, -0.2) is 7.11 Å². The van der Waals surface area contributed by atoms with Crippen molar-refractivity contribution >= 4 is 38.4 Å². The van der Waals surface area contributed by atoms with Gasteiger partial charge in [-0.3, -0.25) is 0 Å². The highest BCUT2D eigenvalue weighted by Gasteiger charge is 2.14. The molecule has 3 aromatic carbocycles. The number of azo groups is 1. The summed E-state index contributed by atoms with van der Waals surface area (Å²) in [5.41, 5.74) is 5.50. The molecular formula is C25H23N3OS. The predicted octanol–water partition coefficient (Wildman–Crippen LogP) is 8.26. The molecule has 0 spiro atoms. The Kier molecular flexibility index (Phi) is 5.91. The van der Waals surface area contributed by atoms with Crippen molar-refractivity contribution in [3.05, 3.63) is 96.1 Å². The van der Waals surface area contributed by atoms with Crippen LogP contribution < -0.4 is 9.64 Å². The Labute approximate surface area is 181 Å². The molecule has 150 valence electrons. The number of thiophene rings is 1. The molecule has 4 rings (SSSR count). The lowest BCUT2D eigenvalue weighted by Gasteiger charge is -2.23. The van der Waals surface area contributed by atoms with E-state index in [9.17, 15) is 0 Å². The molecule has 5 heteroatoms. The lowest BCUT2D eigenvalue weighted by Crippen LogP contribution is -2.08. The number of ether oxygens (including phenoxy) is 1. The molecule has 30 heavy (non-hydrogen) atoms. The predicted molar refractivity (Wildman–Crippen MR) is 126 cm³/mol. The van der Waals surface area contributed by atoms with Crippen molar-refractivity contribution in [1.29, 1.82) is 0 Å². The maximum Gasteiger partial charge on any atom is 0.140 e. The molecule has 1 heterocycles. The molecule has 0 unspecified atom stereocenters. The van der Waals surface area contributed by atoms with Gasteiger partial charge in [-0.15, -0.1) is 10.2 Å². The zero-order chi connectivity index (χ0) is 20.9. The van der Waals surface area contributed by atoms with E-state index in [0.717, 1.165) is 32.8 Å². The van der Waals surface area contributed by atoms with Crippen LogP contribution in [-0.2, 0) is 0 Å². The van der Waals surface area contributed by atoms with Gasteiger partial charge in [0.2, 0.25) is 0 Å². The lowest BCUT2D eigenvalue weighted by atomic mass is 10.1. The van der Waals surface area contributed by atoms with Crippen molar-refractivity contribution in [2.75, 3.05) is 12.0 Å². The number of aryl methyl sites for hydroxylation is 2. The monoisotopic (exact) mass is 413 g/mol. The van der Waals surface area contributed by atoms with Crippen molar-refractivity contribution in [3.63, 3.8) is 0 Å². The summed E-state index contributed by atoms with van der Waals surface area (Å²) in [5.74, 6) is 0.805. The third-order valence-corrected chi connectivity index (χ3v) is 5.67. The number of methoxy groups -OCH3 is 1. The van der Waals surface area contributed by atoms with Gasteiger partial charge in [-0.2, -0.15) is 0 Å². The molecule has 0 saturated heterocycles. The first kappa shape index (κ1) is 19.9. The Morgan fingerprint density at radius 3 is 1.77 bits per heavy atom. The van der Waals surface area contributed by atoms with Crippen LogP contribution in [0.1, 0.15) is 11.1 Å². The fraction of sp³-hybridized carbons (Fsp3) is 0.120. The molecule has 1 aromatic heterocycles. The van der Waals surface area contributed by atoms with Gasteiger partial charge >= 0.3 is 0 Å². The minimum absolute atomic E-state index is 0.791. The molecule has 0 atom stereocenters. The Hall–Kier alpha value is -3.44. The zero-order valence-electron chi connectivity index (χ0n) is 17.2. The van der Waals surface area contributed by atoms with Crippen LogP contribution in [0.5, 0.6) is 5.75 Å². The standard InChI is InChI=1S/C25H23N3OS/c1-18-4-10-21(11-5-18)28(22-12-6-19(2)7-13-22)25-17-16-24(30-25)27-26-20-8-14-23(29-3)15-9-20/h4-17H,1-3H3. The summed E-state index contributed by atoms with van der Waals surface area (Å²) in [5, 5.41) is 10.7. The van der Waals surface area contributed by atoms with Crippen molar-refractivity contribution < 1.29 is 4.74 Å². The number of rotatable bonds is 6. The molecule has 0 aliphatic carbocycles. The van der Waals surface area contributed by atoms with Gasteiger partial charge in [-0.1, -0.05) is 46.7 Å². The highest BCUT2D eigenvalue weighted by atomic mass is 32.1. The van der Waals surface area contributed by atoms with E-state index >= 15 is 0 Å². The van der Waals surface area contributed by atoms with Crippen LogP contribution in [0.4, 0.5) is 27.1 Å². The first-order valence-electron chi connectivity index (χ1n) is 9.71. The van der Waals surface area contributed by atoms with Gasteiger partial charge in [0.15, 0.2) is 0 Å². The van der Waals surface area contributed by atoms with E-state index in [0.29, 0.717) is 0 Å². The largest absolute Gasteiger partial charge is 0.497 e. The van der Waals surface area contributed by atoms with Crippen molar-refractivity contribution in [2.45, 2.75) is 13.8 Å². The highest BCUT2D eigenvalue weighted by molar-refractivity contribution is 7.19. The third-order valence-electron chi connectivity index (χ3n) is 4.72. The summed E-state index contributed by atoms with van der Waals surface area (Å²) in [6, 6.07) is 28.8. The first-order valence-corrected chi connectivity index (χ1v) is 10.5. The van der Waals surface area contributed by atoms with Crippen molar-refractivity contribution in [2.24, 2.45) is 10.2 Å². The summed E-state index contributed by atoms with van der Waals surface area (Å²) in [7, 11) is 1.65. The van der Waals surface area contributed by atoms with Gasteiger partial charge in [0.25, 0.3) is 0 Å². The molecule has 0 amide bonds. The fourth-order valence-corrected chi connectivity index (χ4v) is 3.91. The van der Waals surface area contributed by atoms with Crippen molar-refractivity contribution in [1.82, 2.24) is 0 Å². The second-order valence-corrected chi connectivity index (χ2v) is 8.06. The lowest BCUT2D eigenvalue weighted by molar-refractivity contribution is 0.415. The van der Waals surface area contributed by atoms with E-state index in [2.05, 4.69) is 83.6 Å². The van der Waals surface area contributed by atoms with E-state index in [1.54, 1.807) is 18.4 Å². The Balaban J connectivity index is 1.64. The molecule has 0 bridgehead atoms. The molecule has 4 nitrogen and oxygen atoms in total. The molecular weight excluding hydrogens is 390 g/mol. The van der Waals surface area contributed by atoms with Crippen LogP contribution in [0, 0.1) is 13.8 Å². The molecule has 0 aliphatic rings. The maximum atomic E-state index is 5.18. The van der Waals surface area contributed by atoms with Gasteiger partial charge in [-0.05, 0) is 74.5 Å². The van der Waals surface area contributed by atoms with Gasteiger partial charge in [0.05, 0.1) is 12.8 Å².